The largest absolute Gasteiger partial charge is 0.468 e. The third-order valence-corrected chi connectivity index (χ3v) is 4.39. The third-order valence-electron chi connectivity index (χ3n) is 2.17. The molecule has 0 bridgehead atoms. The maximum atomic E-state index is 11.5. The Bertz CT molecular complexity index is 341. The summed E-state index contributed by atoms with van der Waals surface area (Å²) >= 11 is 1.54. The quantitative estimate of drug-likeness (QED) is 0.499. The summed E-state index contributed by atoms with van der Waals surface area (Å²) in [5.74, 6) is 1.20. The first-order valence-electron chi connectivity index (χ1n) is 5.85. The number of rotatable bonds is 9. The first-order valence-corrected chi connectivity index (χ1v) is 9.07. The summed E-state index contributed by atoms with van der Waals surface area (Å²) < 4.78 is 26.6. The van der Waals surface area contributed by atoms with E-state index in [0.29, 0.717) is 12.2 Å². The molecule has 5 nitrogen and oxygen atoms in total. The molecule has 1 N–H and O–H groups in total. The van der Waals surface area contributed by atoms with Gasteiger partial charge in [-0.2, -0.15) is 11.8 Å². The summed E-state index contributed by atoms with van der Waals surface area (Å²) in [6.07, 6.45) is 1.87. The molecule has 0 spiro atoms. The highest BCUT2D eigenvalue weighted by atomic mass is 32.2. The van der Waals surface area contributed by atoms with Crippen LogP contribution in [0.3, 0.4) is 0 Å². The van der Waals surface area contributed by atoms with E-state index in [1.807, 2.05) is 13.8 Å². The number of methoxy groups -OCH3 is 1. The molecule has 0 radical (unpaired) electrons. The van der Waals surface area contributed by atoms with Crippen LogP contribution < -0.4 is 5.32 Å². The molecule has 0 fully saturated rings. The van der Waals surface area contributed by atoms with Crippen molar-refractivity contribution >= 4 is 27.6 Å². The third kappa shape index (κ3) is 9.73. The molecule has 1 unspecified atom stereocenters. The van der Waals surface area contributed by atoms with Gasteiger partial charge in [-0.05, 0) is 12.2 Å². The van der Waals surface area contributed by atoms with Crippen LogP contribution in [0.15, 0.2) is 0 Å². The first kappa shape index (κ1) is 17.7. The fourth-order valence-corrected chi connectivity index (χ4v) is 3.62. The zero-order valence-electron chi connectivity index (χ0n) is 11.4. The topological polar surface area (TPSA) is 72.5 Å². The van der Waals surface area contributed by atoms with Crippen LogP contribution in [0.2, 0.25) is 0 Å². The Hall–Kier alpha value is -0.270. The average molecular weight is 297 g/mol. The van der Waals surface area contributed by atoms with Gasteiger partial charge in [-0.3, -0.25) is 4.79 Å². The van der Waals surface area contributed by atoms with Gasteiger partial charge in [0.05, 0.1) is 12.9 Å². The Morgan fingerprint density at radius 1 is 1.33 bits per heavy atom. The van der Waals surface area contributed by atoms with E-state index in [1.165, 1.54) is 25.1 Å². The van der Waals surface area contributed by atoms with Gasteiger partial charge < -0.3 is 10.1 Å². The van der Waals surface area contributed by atoms with E-state index >= 15 is 0 Å². The van der Waals surface area contributed by atoms with Gasteiger partial charge in [-0.1, -0.05) is 13.8 Å². The van der Waals surface area contributed by atoms with E-state index in [0.717, 1.165) is 5.75 Å². The number of carbonyl (C=O) groups excluding carboxylic acids is 1. The molecule has 1 atom stereocenters. The minimum Gasteiger partial charge on any atom is -0.468 e. The van der Waals surface area contributed by atoms with Crippen molar-refractivity contribution in [3.8, 4) is 0 Å². The van der Waals surface area contributed by atoms with Crippen LogP contribution in [-0.4, -0.2) is 57.1 Å². The monoisotopic (exact) mass is 297 g/mol. The van der Waals surface area contributed by atoms with Crippen molar-refractivity contribution in [1.82, 2.24) is 5.32 Å². The maximum Gasteiger partial charge on any atom is 0.322 e. The molecule has 0 aromatic heterocycles. The summed E-state index contributed by atoms with van der Waals surface area (Å²) in [6, 6.07) is -0.115. The van der Waals surface area contributed by atoms with Crippen LogP contribution in [0, 0.1) is 0 Å². The second-order valence-corrected chi connectivity index (χ2v) is 7.91. The Morgan fingerprint density at radius 3 is 2.39 bits per heavy atom. The van der Waals surface area contributed by atoms with Gasteiger partial charge in [0.1, 0.15) is 15.9 Å². The van der Waals surface area contributed by atoms with Crippen LogP contribution in [0.25, 0.3) is 0 Å². The highest BCUT2D eigenvalue weighted by Gasteiger charge is 2.19. The van der Waals surface area contributed by atoms with Gasteiger partial charge in [0.2, 0.25) is 0 Å². The predicted molar refractivity (Wildman–Crippen MR) is 75.7 cm³/mol. The highest BCUT2D eigenvalue weighted by Crippen LogP contribution is 2.07. The maximum absolute atomic E-state index is 11.5. The molecule has 0 rings (SSSR count). The smallest absolute Gasteiger partial charge is 0.322 e. The van der Waals surface area contributed by atoms with Gasteiger partial charge in [0.25, 0.3) is 0 Å². The Labute approximate surface area is 114 Å². The lowest BCUT2D eigenvalue weighted by Gasteiger charge is -2.18. The number of esters is 1. The lowest BCUT2D eigenvalue weighted by Crippen LogP contribution is -2.42. The fourth-order valence-electron chi connectivity index (χ4n) is 1.33. The van der Waals surface area contributed by atoms with Crippen LogP contribution in [0.5, 0.6) is 0 Å². The van der Waals surface area contributed by atoms with E-state index < -0.39 is 9.84 Å². The van der Waals surface area contributed by atoms with Crippen LogP contribution in [0.4, 0.5) is 0 Å². The molecule has 0 heterocycles. The number of ether oxygens (including phenoxy) is 1. The Balaban J connectivity index is 3.93. The molecular formula is C11H23NO4S2. The minimum absolute atomic E-state index is 0.179. The molecule has 0 saturated heterocycles. The van der Waals surface area contributed by atoms with Crippen molar-refractivity contribution < 1.29 is 17.9 Å². The van der Waals surface area contributed by atoms with E-state index in [2.05, 4.69) is 5.32 Å². The van der Waals surface area contributed by atoms with Crippen LogP contribution in [0.1, 0.15) is 20.3 Å². The van der Waals surface area contributed by atoms with Crippen molar-refractivity contribution in [2.45, 2.75) is 32.4 Å². The molecule has 108 valence electrons. The second-order valence-electron chi connectivity index (χ2n) is 4.43. The molecule has 0 aliphatic rings. The van der Waals surface area contributed by atoms with Crippen LogP contribution >= 0.6 is 11.8 Å². The number of thioether (sulfide) groups is 1. The number of hydrogen-bond acceptors (Lipinski definition) is 6. The van der Waals surface area contributed by atoms with Gasteiger partial charge in [0, 0.05) is 18.1 Å². The summed E-state index contributed by atoms with van der Waals surface area (Å²) in [4.78, 5) is 11.5. The van der Waals surface area contributed by atoms with E-state index in [4.69, 9.17) is 4.74 Å². The number of sulfone groups is 1. The SMILES string of the molecule is COC(=O)C(CCSCCS(C)(=O)=O)NC(C)C. The van der Waals surface area contributed by atoms with Gasteiger partial charge in [-0.25, -0.2) is 8.42 Å². The molecular weight excluding hydrogens is 274 g/mol. The Morgan fingerprint density at radius 2 is 1.94 bits per heavy atom. The first-order chi connectivity index (χ1) is 8.26. The zero-order chi connectivity index (χ0) is 14.2. The number of hydrogen-bond donors (Lipinski definition) is 1. The summed E-state index contributed by atoms with van der Waals surface area (Å²) in [5, 5.41) is 3.13. The summed E-state index contributed by atoms with van der Waals surface area (Å²) in [7, 11) is -1.52. The molecule has 0 amide bonds. The standard InChI is InChI=1S/C11H23NO4S2/c1-9(2)12-10(11(13)16-3)5-6-17-7-8-18(4,14)15/h9-10,12H,5-8H2,1-4H3. The molecule has 18 heavy (non-hydrogen) atoms. The van der Waals surface area contributed by atoms with E-state index in [9.17, 15) is 13.2 Å². The lowest BCUT2D eigenvalue weighted by molar-refractivity contribution is -0.143. The summed E-state index contributed by atoms with van der Waals surface area (Å²) in [6.45, 7) is 3.93. The Kier molecular flexibility index (Phi) is 8.64. The van der Waals surface area contributed by atoms with Crippen molar-refractivity contribution in [2.75, 3.05) is 30.6 Å². The van der Waals surface area contributed by atoms with Crippen molar-refractivity contribution in [1.29, 1.82) is 0 Å². The lowest BCUT2D eigenvalue weighted by atomic mass is 10.2. The van der Waals surface area contributed by atoms with Gasteiger partial charge in [0.15, 0.2) is 0 Å². The average Bonchev–Trinajstić information content (AvgIpc) is 2.24. The molecule has 0 aliphatic carbocycles. The van der Waals surface area contributed by atoms with E-state index in [1.54, 1.807) is 0 Å². The zero-order valence-corrected chi connectivity index (χ0v) is 13.1. The molecule has 0 saturated carbocycles. The summed E-state index contributed by atoms with van der Waals surface area (Å²) in [5.41, 5.74) is 0. The van der Waals surface area contributed by atoms with Crippen molar-refractivity contribution in [3.05, 3.63) is 0 Å². The second kappa shape index (κ2) is 8.77. The molecule has 0 aromatic rings. The number of carbonyl (C=O) groups is 1. The van der Waals surface area contributed by atoms with Crippen molar-refractivity contribution in [3.63, 3.8) is 0 Å². The fraction of sp³-hybridized carbons (Fsp3) is 0.909. The van der Waals surface area contributed by atoms with Crippen molar-refractivity contribution in [2.24, 2.45) is 0 Å². The van der Waals surface area contributed by atoms with E-state index in [-0.39, 0.29) is 23.8 Å². The normalized spacial score (nSPS) is 13.6. The molecule has 7 heteroatoms. The van der Waals surface area contributed by atoms with Crippen LogP contribution in [-0.2, 0) is 19.4 Å². The molecule has 0 aliphatic heterocycles. The highest BCUT2D eigenvalue weighted by molar-refractivity contribution is 8.00. The predicted octanol–water partition coefficient (Wildman–Crippen LogP) is 0.694. The van der Waals surface area contributed by atoms with Gasteiger partial charge in [-0.15, -0.1) is 0 Å². The number of nitrogens with one attached hydrogen (secondary N) is 1. The van der Waals surface area contributed by atoms with Gasteiger partial charge >= 0.3 is 5.97 Å². The minimum atomic E-state index is -2.89. The molecule has 0 aromatic carbocycles.